The predicted molar refractivity (Wildman–Crippen MR) is 116 cm³/mol. The van der Waals surface area contributed by atoms with Crippen LogP contribution in [0.3, 0.4) is 0 Å². The second kappa shape index (κ2) is 8.31. The number of aliphatic hydroxyl groups excluding tert-OH is 1. The average Bonchev–Trinajstić information content (AvgIpc) is 2.74. The summed E-state index contributed by atoms with van der Waals surface area (Å²) >= 11 is 0. The molecule has 2 aromatic rings. The van der Waals surface area contributed by atoms with E-state index in [0.717, 1.165) is 66.9 Å². The second-order valence-electron chi connectivity index (χ2n) is 8.62. The Morgan fingerprint density at radius 1 is 1.20 bits per heavy atom. The molecule has 2 aromatic carbocycles. The molecule has 4 rings (SSSR count). The van der Waals surface area contributed by atoms with E-state index in [-0.39, 0.29) is 24.1 Å². The number of hydrogen-bond acceptors (Lipinski definition) is 4. The van der Waals surface area contributed by atoms with Crippen molar-refractivity contribution in [2.45, 2.75) is 57.8 Å². The number of rotatable bonds is 5. The van der Waals surface area contributed by atoms with Gasteiger partial charge in [-0.25, -0.2) is 4.39 Å². The van der Waals surface area contributed by atoms with Gasteiger partial charge in [0.15, 0.2) is 0 Å². The molecule has 2 aliphatic heterocycles. The van der Waals surface area contributed by atoms with E-state index >= 15 is 0 Å². The molecule has 2 aliphatic rings. The van der Waals surface area contributed by atoms with Crippen molar-refractivity contribution in [3.8, 4) is 11.5 Å². The Balaban J connectivity index is 1.43. The van der Waals surface area contributed by atoms with E-state index in [1.165, 1.54) is 6.07 Å². The highest BCUT2D eigenvalue weighted by atomic mass is 19.1. The highest BCUT2D eigenvalue weighted by molar-refractivity contribution is 5.64. The van der Waals surface area contributed by atoms with Gasteiger partial charge >= 0.3 is 0 Å². The van der Waals surface area contributed by atoms with Gasteiger partial charge in [-0.1, -0.05) is 6.58 Å². The molecule has 1 saturated heterocycles. The van der Waals surface area contributed by atoms with Gasteiger partial charge in [-0.2, -0.15) is 0 Å². The monoisotopic (exact) mass is 411 g/mol. The zero-order valence-electron chi connectivity index (χ0n) is 17.8. The second-order valence-corrected chi connectivity index (χ2v) is 8.62. The summed E-state index contributed by atoms with van der Waals surface area (Å²) in [4.78, 5) is 2.29. The summed E-state index contributed by atoms with van der Waals surface area (Å²) in [5, 5.41) is 9.75. The number of ether oxygens (including phenoxy) is 2. The number of aryl methyl sites for hydroxylation is 1. The molecule has 30 heavy (non-hydrogen) atoms. The summed E-state index contributed by atoms with van der Waals surface area (Å²) < 4.78 is 25.6. The number of benzene rings is 2. The normalized spacial score (nSPS) is 17.6. The first-order valence-electron chi connectivity index (χ1n) is 10.7. The first kappa shape index (κ1) is 20.7. The number of halogens is 1. The van der Waals surface area contributed by atoms with Crippen molar-refractivity contribution in [1.82, 2.24) is 4.90 Å². The molecule has 160 valence electrons. The number of likely N-dealkylation sites (tertiary alicyclic amines) is 1. The van der Waals surface area contributed by atoms with Gasteiger partial charge in [0.25, 0.3) is 0 Å². The minimum absolute atomic E-state index is 0.0553. The zero-order chi connectivity index (χ0) is 21.3. The Hall–Kier alpha value is -2.53. The van der Waals surface area contributed by atoms with Crippen molar-refractivity contribution in [3.05, 3.63) is 65.5 Å². The van der Waals surface area contributed by atoms with Crippen molar-refractivity contribution in [1.29, 1.82) is 0 Å². The molecular formula is C25H30FNO3. The molecule has 1 fully saturated rings. The minimum atomic E-state index is -0.202. The highest BCUT2D eigenvalue weighted by Gasteiger charge is 2.39. The molecule has 0 amide bonds. The fourth-order valence-corrected chi connectivity index (χ4v) is 4.46. The van der Waals surface area contributed by atoms with Crippen LogP contribution in [0.25, 0.3) is 5.70 Å². The van der Waals surface area contributed by atoms with Gasteiger partial charge in [0.2, 0.25) is 0 Å². The van der Waals surface area contributed by atoms with Crippen LogP contribution in [0.5, 0.6) is 11.5 Å². The lowest BCUT2D eigenvalue weighted by molar-refractivity contribution is -0.00255. The lowest BCUT2D eigenvalue weighted by Crippen LogP contribution is -2.49. The molecule has 1 N–H and O–H groups in total. The molecule has 5 heteroatoms. The van der Waals surface area contributed by atoms with Crippen molar-refractivity contribution in [2.75, 3.05) is 13.1 Å². The van der Waals surface area contributed by atoms with E-state index in [0.29, 0.717) is 5.75 Å². The molecular weight excluding hydrogens is 381 g/mol. The van der Waals surface area contributed by atoms with Crippen LogP contribution in [0.4, 0.5) is 4.39 Å². The first-order chi connectivity index (χ1) is 14.4. The van der Waals surface area contributed by atoms with Gasteiger partial charge in [-0.05, 0) is 74.2 Å². The molecule has 0 aromatic heterocycles. The highest BCUT2D eigenvalue weighted by Crippen LogP contribution is 2.40. The van der Waals surface area contributed by atoms with Gasteiger partial charge in [0.05, 0.1) is 12.7 Å². The van der Waals surface area contributed by atoms with Crippen molar-refractivity contribution >= 4 is 5.70 Å². The van der Waals surface area contributed by atoms with Crippen LogP contribution < -0.4 is 9.47 Å². The van der Waals surface area contributed by atoms with Crippen LogP contribution in [0.15, 0.2) is 43.0 Å². The number of piperidine rings is 1. The minimum Gasteiger partial charge on any atom is -0.491 e. The van der Waals surface area contributed by atoms with Crippen LogP contribution in [-0.2, 0) is 13.0 Å². The van der Waals surface area contributed by atoms with Crippen LogP contribution >= 0.6 is 0 Å². The van der Waals surface area contributed by atoms with E-state index in [1.54, 1.807) is 12.1 Å². The number of hydrogen-bond donors (Lipinski definition) is 1. The molecule has 0 atom stereocenters. The summed E-state index contributed by atoms with van der Waals surface area (Å²) in [6.45, 7) is 9.90. The average molecular weight is 412 g/mol. The lowest BCUT2D eigenvalue weighted by Gasteiger charge is -2.45. The van der Waals surface area contributed by atoms with Crippen molar-refractivity contribution in [3.63, 3.8) is 0 Å². The predicted octanol–water partition coefficient (Wildman–Crippen LogP) is 4.94. The Bertz CT molecular complexity index is 932. The van der Waals surface area contributed by atoms with E-state index < -0.39 is 0 Å². The third kappa shape index (κ3) is 4.17. The van der Waals surface area contributed by atoms with Gasteiger partial charge in [-0.15, -0.1) is 0 Å². The molecule has 0 unspecified atom stereocenters. The third-order valence-corrected chi connectivity index (χ3v) is 6.18. The largest absolute Gasteiger partial charge is 0.491 e. The van der Waals surface area contributed by atoms with E-state index in [4.69, 9.17) is 9.47 Å². The molecule has 0 saturated carbocycles. The quantitative estimate of drug-likeness (QED) is 0.757. The Kier molecular flexibility index (Phi) is 5.74. The lowest BCUT2D eigenvalue weighted by atomic mass is 9.83. The van der Waals surface area contributed by atoms with Gasteiger partial charge in [0, 0.05) is 37.2 Å². The molecule has 0 aliphatic carbocycles. The smallest absolute Gasteiger partial charge is 0.125 e. The topological polar surface area (TPSA) is 41.9 Å². The molecule has 1 spiro atoms. The molecule has 4 nitrogen and oxygen atoms in total. The maximum absolute atomic E-state index is 13.5. The van der Waals surface area contributed by atoms with Gasteiger partial charge in [0.1, 0.15) is 22.9 Å². The first-order valence-corrected chi connectivity index (χ1v) is 10.7. The summed E-state index contributed by atoms with van der Waals surface area (Å²) in [7, 11) is 0. The summed E-state index contributed by atoms with van der Waals surface area (Å²) in [5.41, 5.74) is 3.51. The Morgan fingerprint density at radius 2 is 1.97 bits per heavy atom. The van der Waals surface area contributed by atoms with Crippen LogP contribution in [0.2, 0.25) is 0 Å². The molecule has 0 bridgehead atoms. The maximum Gasteiger partial charge on any atom is 0.125 e. The van der Waals surface area contributed by atoms with Crippen molar-refractivity contribution < 1.29 is 19.0 Å². The summed E-state index contributed by atoms with van der Waals surface area (Å²) in [6, 6.07) is 10.7. The zero-order valence-corrected chi connectivity index (χ0v) is 17.8. The molecule has 2 heterocycles. The SMILES string of the molecule is C=C(c1ccc(OC(C)C)c(CO)c1)N1CCC2(CCc3cc(F)ccc3O2)CC1. The van der Waals surface area contributed by atoms with Crippen LogP contribution in [-0.4, -0.2) is 34.8 Å². The van der Waals surface area contributed by atoms with Crippen LogP contribution in [0, 0.1) is 5.82 Å². The summed E-state index contributed by atoms with van der Waals surface area (Å²) in [6.07, 6.45) is 3.64. The van der Waals surface area contributed by atoms with E-state index in [2.05, 4.69) is 11.5 Å². The fourth-order valence-electron chi connectivity index (χ4n) is 4.46. The fraction of sp³-hybridized carbons (Fsp3) is 0.440. The number of nitrogens with zero attached hydrogens (tertiary/aromatic N) is 1. The van der Waals surface area contributed by atoms with Crippen molar-refractivity contribution in [2.24, 2.45) is 0 Å². The van der Waals surface area contributed by atoms with Gasteiger partial charge < -0.3 is 19.5 Å². The number of aliphatic hydroxyl groups is 1. The third-order valence-electron chi connectivity index (χ3n) is 6.18. The standard InChI is InChI=1S/C25H30FNO3/c1-17(2)29-23-6-4-19(14-21(23)16-28)18(3)27-12-10-25(11-13-27)9-8-20-15-22(26)5-7-24(20)30-25/h4-7,14-15,17,28H,3,8-13,16H2,1-2H3. The Morgan fingerprint density at radius 3 is 2.67 bits per heavy atom. The van der Waals surface area contributed by atoms with E-state index in [9.17, 15) is 9.50 Å². The van der Waals surface area contributed by atoms with Crippen LogP contribution in [0.1, 0.15) is 49.8 Å². The van der Waals surface area contributed by atoms with E-state index in [1.807, 2.05) is 32.0 Å². The molecule has 0 radical (unpaired) electrons. The summed E-state index contributed by atoms with van der Waals surface area (Å²) in [5.74, 6) is 1.34. The maximum atomic E-state index is 13.5. The Labute approximate surface area is 177 Å². The van der Waals surface area contributed by atoms with Gasteiger partial charge in [-0.3, -0.25) is 0 Å². The number of fused-ring (bicyclic) bond motifs is 1.